The number of nitrogens with one attached hydrogen (secondary N) is 1. The van der Waals surface area contributed by atoms with Crippen LogP contribution < -0.4 is 15.8 Å². The van der Waals surface area contributed by atoms with Crippen LogP contribution in [0.1, 0.15) is 55.8 Å². The minimum absolute atomic E-state index is 0.0179. The lowest BCUT2D eigenvalue weighted by Crippen LogP contribution is -2.53. The molecule has 0 heterocycles. The third-order valence-electron chi connectivity index (χ3n) is 5.24. The molecule has 23 heavy (non-hydrogen) atoms. The molecule has 2 aliphatic carbocycles. The van der Waals surface area contributed by atoms with E-state index >= 15 is 0 Å². The first-order valence-corrected chi connectivity index (χ1v) is 8.96. The molecule has 0 radical (unpaired) electrons. The van der Waals surface area contributed by atoms with E-state index in [9.17, 15) is 4.79 Å². The number of nitrogens with two attached hydrogens (primary N) is 1. The van der Waals surface area contributed by atoms with Gasteiger partial charge in [-0.3, -0.25) is 4.79 Å². The van der Waals surface area contributed by atoms with Crippen LogP contribution in [0.3, 0.4) is 0 Å². The van der Waals surface area contributed by atoms with E-state index < -0.39 is 0 Å². The minimum atomic E-state index is 0.0179. The van der Waals surface area contributed by atoms with Gasteiger partial charge < -0.3 is 15.8 Å². The van der Waals surface area contributed by atoms with Crippen molar-refractivity contribution in [2.45, 2.75) is 57.5 Å². The number of amides is 1. The maximum Gasteiger partial charge on any atom is 0.251 e. The second kappa shape index (κ2) is 7.35. The Morgan fingerprint density at radius 2 is 2.04 bits per heavy atom. The first-order chi connectivity index (χ1) is 11.2. The van der Waals surface area contributed by atoms with Gasteiger partial charge in [-0.1, -0.05) is 19.4 Å². The van der Waals surface area contributed by atoms with Crippen molar-refractivity contribution in [3.8, 4) is 5.75 Å². The molecule has 2 atom stereocenters. The number of ether oxygens (including phenoxy) is 1. The molecule has 4 nitrogen and oxygen atoms in total. The summed E-state index contributed by atoms with van der Waals surface area (Å²) in [5.74, 6) is 1.87. The van der Waals surface area contributed by atoms with Gasteiger partial charge in [0, 0.05) is 17.6 Å². The maximum absolute atomic E-state index is 12.7. The Labute approximate surface area is 138 Å². The van der Waals surface area contributed by atoms with Crippen LogP contribution in [0.4, 0.5) is 0 Å². The van der Waals surface area contributed by atoms with Gasteiger partial charge in [0.1, 0.15) is 5.75 Å². The molecule has 0 saturated heterocycles. The molecule has 1 aromatic carbocycles. The lowest BCUT2D eigenvalue weighted by Gasteiger charge is -2.45. The van der Waals surface area contributed by atoms with Gasteiger partial charge in [0.05, 0.1) is 6.61 Å². The van der Waals surface area contributed by atoms with Crippen molar-refractivity contribution in [3.63, 3.8) is 0 Å². The zero-order valence-electron chi connectivity index (χ0n) is 14.0. The summed E-state index contributed by atoms with van der Waals surface area (Å²) >= 11 is 0. The Morgan fingerprint density at radius 1 is 1.30 bits per heavy atom. The number of hydrogen-bond donors (Lipinski definition) is 2. The van der Waals surface area contributed by atoms with Crippen LogP contribution in [-0.4, -0.2) is 24.6 Å². The highest BCUT2D eigenvalue weighted by Gasteiger charge is 2.39. The topological polar surface area (TPSA) is 64.3 Å². The van der Waals surface area contributed by atoms with Crippen molar-refractivity contribution < 1.29 is 9.53 Å². The molecule has 3 rings (SSSR count). The van der Waals surface area contributed by atoms with Gasteiger partial charge in [-0.15, -0.1) is 0 Å². The zero-order valence-corrected chi connectivity index (χ0v) is 14.0. The van der Waals surface area contributed by atoms with Crippen molar-refractivity contribution in [2.24, 2.45) is 17.6 Å². The summed E-state index contributed by atoms with van der Waals surface area (Å²) in [7, 11) is 0. The number of benzene rings is 1. The summed E-state index contributed by atoms with van der Waals surface area (Å²) in [5.41, 5.74) is 6.85. The highest BCUT2D eigenvalue weighted by atomic mass is 16.5. The maximum atomic E-state index is 12.7. The lowest BCUT2D eigenvalue weighted by molar-refractivity contribution is 0.0755. The molecule has 2 saturated carbocycles. The molecular weight excluding hydrogens is 288 g/mol. The molecule has 2 unspecified atom stereocenters. The molecule has 2 bridgehead atoms. The van der Waals surface area contributed by atoms with E-state index in [-0.39, 0.29) is 11.9 Å². The zero-order chi connectivity index (χ0) is 16.2. The smallest absolute Gasteiger partial charge is 0.251 e. The molecular formula is C19H28N2O2. The highest BCUT2D eigenvalue weighted by Crippen LogP contribution is 2.39. The molecule has 1 amide bonds. The number of carbonyl (C=O) groups is 1. The van der Waals surface area contributed by atoms with Crippen LogP contribution in [0.5, 0.6) is 5.75 Å². The number of hydrogen-bond acceptors (Lipinski definition) is 3. The quantitative estimate of drug-likeness (QED) is 0.877. The highest BCUT2D eigenvalue weighted by molar-refractivity contribution is 5.94. The monoisotopic (exact) mass is 316 g/mol. The van der Waals surface area contributed by atoms with Gasteiger partial charge in [0.2, 0.25) is 0 Å². The average molecular weight is 316 g/mol. The predicted octanol–water partition coefficient (Wildman–Crippen LogP) is 3.11. The molecule has 2 fully saturated rings. The minimum Gasteiger partial charge on any atom is -0.494 e. The summed E-state index contributed by atoms with van der Waals surface area (Å²) in [6, 6.07) is 8.09. The van der Waals surface area contributed by atoms with Crippen molar-refractivity contribution in [1.29, 1.82) is 0 Å². The van der Waals surface area contributed by atoms with E-state index in [1.54, 1.807) is 0 Å². The summed E-state index contributed by atoms with van der Waals surface area (Å²) in [6.07, 6.45) is 6.70. The van der Waals surface area contributed by atoms with Crippen molar-refractivity contribution >= 4 is 5.91 Å². The molecule has 126 valence electrons. The number of fused-ring (bicyclic) bond motifs is 2. The van der Waals surface area contributed by atoms with Crippen LogP contribution >= 0.6 is 0 Å². The van der Waals surface area contributed by atoms with E-state index in [4.69, 9.17) is 10.5 Å². The normalized spacial score (nSPS) is 29.8. The van der Waals surface area contributed by atoms with Crippen LogP contribution in [0.25, 0.3) is 0 Å². The van der Waals surface area contributed by atoms with Gasteiger partial charge in [-0.05, 0) is 62.1 Å². The summed E-state index contributed by atoms with van der Waals surface area (Å²) < 4.78 is 5.63. The first kappa shape index (κ1) is 16.3. The summed E-state index contributed by atoms with van der Waals surface area (Å²) in [6.45, 7) is 2.75. The Morgan fingerprint density at radius 3 is 2.74 bits per heavy atom. The molecule has 4 heteroatoms. The first-order valence-electron chi connectivity index (χ1n) is 8.96. The van der Waals surface area contributed by atoms with Gasteiger partial charge in [-0.25, -0.2) is 0 Å². The standard InChI is InChI=1S/C19H28N2O2/c1-2-9-23-17-8-4-7-15(12-17)19(22)21-18-13-5-3-6-14(18)11-16(20)10-13/h4,7-8,12-14,16,18H,2-3,5-6,9-11,20H2,1H3,(H,21,22). The van der Waals surface area contributed by atoms with Crippen molar-refractivity contribution in [2.75, 3.05) is 6.61 Å². The predicted molar refractivity (Wildman–Crippen MR) is 91.5 cm³/mol. The van der Waals surface area contributed by atoms with Crippen molar-refractivity contribution in [1.82, 2.24) is 5.32 Å². The molecule has 2 aliphatic rings. The molecule has 0 aliphatic heterocycles. The van der Waals surface area contributed by atoms with E-state index in [1.807, 2.05) is 24.3 Å². The van der Waals surface area contributed by atoms with Gasteiger partial charge in [0.25, 0.3) is 5.91 Å². The molecule has 0 spiro atoms. The summed E-state index contributed by atoms with van der Waals surface area (Å²) in [4.78, 5) is 12.7. The van der Waals surface area contributed by atoms with Crippen LogP contribution in [0.15, 0.2) is 24.3 Å². The van der Waals surface area contributed by atoms with E-state index in [1.165, 1.54) is 19.3 Å². The Balaban J connectivity index is 1.67. The van der Waals surface area contributed by atoms with E-state index in [0.29, 0.717) is 30.0 Å². The fraction of sp³-hybridized carbons (Fsp3) is 0.632. The van der Waals surface area contributed by atoms with Gasteiger partial charge >= 0.3 is 0 Å². The molecule has 1 aromatic rings. The lowest BCUT2D eigenvalue weighted by atomic mass is 9.67. The third-order valence-corrected chi connectivity index (χ3v) is 5.24. The van der Waals surface area contributed by atoms with Gasteiger partial charge in [-0.2, -0.15) is 0 Å². The van der Waals surface area contributed by atoms with Crippen LogP contribution in [0, 0.1) is 11.8 Å². The van der Waals surface area contributed by atoms with Gasteiger partial charge in [0.15, 0.2) is 0 Å². The fourth-order valence-corrected chi connectivity index (χ4v) is 4.21. The largest absolute Gasteiger partial charge is 0.494 e. The second-order valence-corrected chi connectivity index (χ2v) is 7.06. The van der Waals surface area contributed by atoms with Crippen molar-refractivity contribution in [3.05, 3.63) is 29.8 Å². The SMILES string of the molecule is CCCOc1cccc(C(=O)NC2C3CCCC2CC(N)C3)c1. The number of rotatable bonds is 5. The third kappa shape index (κ3) is 3.86. The van der Waals surface area contributed by atoms with Crippen LogP contribution in [0.2, 0.25) is 0 Å². The van der Waals surface area contributed by atoms with E-state index in [0.717, 1.165) is 25.0 Å². The van der Waals surface area contributed by atoms with Crippen LogP contribution in [-0.2, 0) is 0 Å². The average Bonchev–Trinajstić information content (AvgIpc) is 2.54. The Kier molecular flexibility index (Phi) is 5.21. The Hall–Kier alpha value is -1.55. The molecule has 3 N–H and O–H groups in total. The summed E-state index contributed by atoms with van der Waals surface area (Å²) in [5, 5.41) is 3.29. The number of carbonyl (C=O) groups excluding carboxylic acids is 1. The molecule has 0 aromatic heterocycles. The van der Waals surface area contributed by atoms with E-state index in [2.05, 4.69) is 12.2 Å². The Bertz CT molecular complexity index is 532. The second-order valence-electron chi connectivity index (χ2n) is 7.06. The fourth-order valence-electron chi connectivity index (χ4n) is 4.21.